The van der Waals surface area contributed by atoms with Crippen molar-refractivity contribution in [1.29, 1.82) is 0 Å². The van der Waals surface area contributed by atoms with Crippen molar-refractivity contribution < 1.29 is 4.79 Å². The minimum absolute atomic E-state index is 0.0248. The number of rotatable bonds is 10. The van der Waals surface area contributed by atoms with E-state index in [9.17, 15) is 14.4 Å². The first-order valence-electron chi connectivity index (χ1n) is 11.5. The van der Waals surface area contributed by atoms with Crippen molar-refractivity contribution in [3.05, 3.63) is 56.7 Å². The van der Waals surface area contributed by atoms with E-state index in [1.54, 1.807) is 0 Å². The van der Waals surface area contributed by atoms with Gasteiger partial charge in [-0.2, -0.15) is 0 Å². The monoisotopic (exact) mass is 439 g/mol. The second-order valence-electron chi connectivity index (χ2n) is 9.57. The van der Waals surface area contributed by atoms with Gasteiger partial charge in [0.1, 0.15) is 5.82 Å². The molecule has 1 amide bonds. The van der Waals surface area contributed by atoms with Crippen molar-refractivity contribution in [2.45, 2.75) is 52.1 Å². The van der Waals surface area contributed by atoms with Gasteiger partial charge in [0.05, 0.1) is 13.1 Å². The average Bonchev–Trinajstić information content (AvgIpc) is 3.64. The van der Waals surface area contributed by atoms with Gasteiger partial charge in [0, 0.05) is 19.1 Å². The number of hydrogen-bond acceptors (Lipinski definition) is 5. The fraction of sp³-hybridized carbons (Fsp3) is 0.542. The van der Waals surface area contributed by atoms with Crippen LogP contribution < -0.4 is 21.9 Å². The largest absolute Gasteiger partial charge is 0.383 e. The quantitative estimate of drug-likeness (QED) is 0.589. The van der Waals surface area contributed by atoms with E-state index in [1.807, 2.05) is 44.2 Å². The lowest BCUT2D eigenvalue weighted by Crippen LogP contribution is -2.47. The van der Waals surface area contributed by atoms with Crippen LogP contribution in [0.1, 0.15) is 45.1 Å². The number of aromatic nitrogens is 2. The predicted octanol–water partition coefficient (Wildman–Crippen LogP) is 2.03. The number of anilines is 2. The summed E-state index contributed by atoms with van der Waals surface area (Å²) in [4.78, 5) is 45.0. The van der Waals surface area contributed by atoms with Crippen LogP contribution in [0.4, 0.5) is 11.5 Å². The van der Waals surface area contributed by atoms with E-state index in [0.29, 0.717) is 18.5 Å². The number of hydrogen-bond donors (Lipinski definition) is 2. The smallest absolute Gasteiger partial charge is 0.330 e. The summed E-state index contributed by atoms with van der Waals surface area (Å²) in [6.07, 6.45) is 4.69. The van der Waals surface area contributed by atoms with E-state index in [1.165, 1.54) is 22.3 Å². The van der Waals surface area contributed by atoms with Crippen LogP contribution in [0.5, 0.6) is 0 Å². The number of amides is 1. The maximum absolute atomic E-state index is 13.5. The summed E-state index contributed by atoms with van der Waals surface area (Å²) in [6.45, 7) is 5.77. The molecule has 172 valence electrons. The van der Waals surface area contributed by atoms with E-state index in [2.05, 4.69) is 9.88 Å². The molecule has 0 aliphatic heterocycles. The summed E-state index contributed by atoms with van der Waals surface area (Å²) >= 11 is 0. The van der Waals surface area contributed by atoms with Crippen LogP contribution in [-0.4, -0.2) is 46.0 Å². The second kappa shape index (κ2) is 9.32. The fourth-order valence-corrected chi connectivity index (χ4v) is 4.12. The first-order chi connectivity index (χ1) is 15.3. The Labute approximate surface area is 188 Å². The third kappa shape index (κ3) is 5.30. The van der Waals surface area contributed by atoms with Gasteiger partial charge in [0.25, 0.3) is 5.56 Å². The Kier molecular flexibility index (Phi) is 6.50. The molecule has 0 saturated heterocycles. The van der Waals surface area contributed by atoms with Gasteiger partial charge in [-0.25, -0.2) is 4.79 Å². The highest BCUT2D eigenvalue weighted by Gasteiger charge is 2.36. The van der Waals surface area contributed by atoms with Crippen LogP contribution in [0, 0.1) is 11.8 Å². The molecule has 1 aromatic heterocycles. The molecular formula is C24H33N5O3. The van der Waals surface area contributed by atoms with Crippen LogP contribution >= 0.6 is 0 Å². The standard InChI is InChI=1S/C24H33N5O3/c1-16(2)12-28(20(30)15-27(19-10-11-19)13-18-8-9-18)21-22(25)29(24(32)26-23(21)31)14-17-6-4-3-5-7-17/h3-7,16,18-19H,8-15,25H2,1-2H3,(H,26,31,32). The Morgan fingerprint density at radius 2 is 1.84 bits per heavy atom. The summed E-state index contributed by atoms with van der Waals surface area (Å²) in [5.74, 6) is 0.693. The van der Waals surface area contributed by atoms with Crippen LogP contribution in [0.2, 0.25) is 0 Å². The van der Waals surface area contributed by atoms with Crippen molar-refractivity contribution in [2.75, 3.05) is 30.3 Å². The molecule has 0 spiro atoms. The van der Waals surface area contributed by atoms with Gasteiger partial charge >= 0.3 is 5.69 Å². The number of H-pyrrole nitrogens is 1. The lowest BCUT2D eigenvalue weighted by molar-refractivity contribution is -0.120. The number of aromatic amines is 1. The van der Waals surface area contributed by atoms with Crippen LogP contribution in [-0.2, 0) is 11.3 Å². The molecule has 1 aromatic carbocycles. The van der Waals surface area contributed by atoms with Gasteiger partial charge in [-0.15, -0.1) is 0 Å². The highest BCUT2D eigenvalue weighted by atomic mass is 16.2. The highest BCUT2D eigenvalue weighted by molar-refractivity contribution is 5.97. The SMILES string of the molecule is CC(C)CN(C(=O)CN(CC1CC1)C1CC1)c1c(N)n(Cc2ccccc2)c(=O)[nH]c1=O. The van der Waals surface area contributed by atoms with E-state index in [4.69, 9.17) is 5.73 Å². The summed E-state index contributed by atoms with van der Waals surface area (Å²) in [6, 6.07) is 9.89. The summed E-state index contributed by atoms with van der Waals surface area (Å²) in [5.41, 5.74) is 6.13. The maximum atomic E-state index is 13.5. The predicted molar refractivity (Wildman–Crippen MR) is 126 cm³/mol. The van der Waals surface area contributed by atoms with Gasteiger partial charge in [0.2, 0.25) is 5.91 Å². The van der Waals surface area contributed by atoms with E-state index in [0.717, 1.165) is 24.9 Å². The number of nitrogen functional groups attached to an aromatic ring is 1. The zero-order chi connectivity index (χ0) is 22.8. The Morgan fingerprint density at radius 3 is 2.44 bits per heavy atom. The Bertz CT molecular complexity index is 1070. The summed E-state index contributed by atoms with van der Waals surface area (Å²) < 4.78 is 1.33. The molecule has 0 radical (unpaired) electrons. The van der Waals surface area contributed by atoms with Gasteiger partial charge in [0.15, 0.2) is 5.69 Å². The molecule has 2 aliphatic rings. The van der Waals surface area contributed by atoms with Gasteiger partial charge in [-0.1, -0.05) is 44.2 Å². The van der Waals surface area contributed by atoms with Gasteiger partial charge in [-0.3, -0.25) is 24.0 Å². The number of carbonyl (C=O) groups is 1. The van der Waals surface area contributed by atoms with Crippen molar-refractivity contribution in [3.8, 4) is 0 Å². The zero-order valence-electron chi connectivity index (χ0n) is 18.9. The third-order valence-corrected chi connectivity index (χ3v) is 6.11. The molecule has 8 nitrogen and oxygen atoms in total. The molecular weight excluding hydrogens is 406 g/mol. The van der Waals surface area contributed by atoms with E-state index in [-0.39, 0.29) is 36.4 Å². The average molecular weight is 440 g/mol. The molecule has 3 N–H and O–H groups in total. The lowest BCUT2D eigenvalue weighted by atomic mass is 10.2. The van der Waals surface area contributed by atoms with Gasteiger partial charge in [-0.05, 0) is 43.1 Å². The number of nitrogens with one attached hydrogen (secondary N) is 1. The van der Waals surface area contributed by atoms with E-state index < -0.39 is 11.2 Å². The lowest BCUT2D eigenvalue weighted by Gasteiger charge is -2.29. The normalized spacial score (nSPS) is 16.0. The molecule has 2 aromatic rings. The van der Waals surface area contributed by atoms with Crippen molar-refractivity contribution in [2.24, 2.45) is 11.8 Å². The minimum Gasteiger partial charge on any atom is -0.383 e. The minimum atomic E-state index is -0.619. The van der Waals surface area contributed by atoms with Gasteiger partial charge < -0.3 is 10.6 Å². The molecule has 8 heteroatoms. The second-order valence-corrected chi connectivity index (χ2v) is 9.57. The maximum Gasteiger partial charge on any atom is 0.330 e. The topological polar surface area (TPSA) is 104 Å². The zero-order valence-corrected chi connectivity index (χ0v) is 18.9. The first kappa shape index (κ1) is 22.3. The van der Waals surface area contributed by atoms with Crippen LogP contribution in [0.15, 0.2) is 39.9 Å². The third-order valence-electron chi connectivity index (χ3n) is 6.11. The van der Waals surface area contributed by atoms with Crippen molar-refractivity contribution in [3.63, 3.8) is 0 Å². The molecule has 4 rings (SSSR count). The number of carbonyl (C=O) groups excluding carboxylic acids is 1. The van der Waals surface area contributed by atoms with E-state index >= 15 is 0 Å². The first-order valence-corrected chi connectivity index (χ1v) is 11.5. The highest BCUT2D eigenvalue weighted by Crippen LogP contribution is 2.35. The summed E-state index contributed by atoms with van der Waals surface area (Å²) in [5, 5.41) is 0. The molecule has 0 atom stereocenters. The molecule has 1 heterocycles. The van der Waals surface area contributed by atoms with Crippen molar-refractivity contribution >= 4 is 17.4 Å². The van der Waals surface area contributed by atoms with Crippen molar-refractivity contribution in [1.82, 2.24) is 14.5 Å². The number of nitrogens with two attached hydrogens (primary N) is 1. The molecule has 0 bridgehead atoms. The Balaban J connectivity index is 1.66. The molecule has 2 saturated carbocycles. The number of benzene rings is 1. The van der Waals surface area contributed by atoms with Crippen LogP contribution in [0.25, 0.3) is 0 Å². The molecule has 2 fully saturated rings. The molecule has 0 unspecified atom stereocenters. The van der Waals surface area contributed by atoms with Crippen LogP contribution in [0.3, 0.4) is 0 Å². The number of nitrogens with zero attached hydrogens (tertiary/aromatic N) is 3. The summed E-state index contributed by atoms with van der Waals surface area (Å²) in [7, 11) is 0. The fourth-order valence-electron chi connectivity index (χ4n) is 4.12. The molecule has 2 aliphatic carbocycles. The molecule has 32 heavy (non-hydrogen) atoms. The Hall–Kier alpha value is -2.87. The Morgan fingerprint density at radius 1 is 1.16 bits per heavy atom.